The molecule has 3 heteroatoms. The Morgan fingerprint density at radius 2 is 1.25 bits per heavy atom. The summed E-state index contributed by atoms with van der Waals surface area (Å²) in [6, 6.07) is 4.61. The molecule has 160 valence electrons. The molecule has 2 rings (SSSR count). The van der Waals surface area contributed by atoms with E-state index < -0.39 is 11.6 Å². The first kappa shape index (κ1) is 23.3. The zero-order chi connectivity index (χ0) is 20.0. The minimum atomic E-state index is -0.707. The summed E-state index contributed by atoms with van der Waals surface area (Å²) in [7, 11) is 0. The quantitative estimate of drug-likeness (QED) is 0.318. The van der Waals surface area contributed by atoms with Gasteiger partial charge in [-0.05, 0) is 55.6 Å². The fourth-order valence-corrected chi connectivity index (χ4v) is 4.73. The molecule has 0 aliphatic heterocycles. The Morgan fingerprint density at radius 1 is 0.714 bits per heavy atom. The molecule has 0 unspecified atom stereocenters. The van der Waals surface area contributed by atoms with Crippen molar-refractivity contribution in [2.75, 3.05) is 6.61 Å². The Labute approximate surface area is 170 Å². The fourth-order valence-electron chi connectivity index (χ4n) is 4.73. The summed E-state index contributed by atoms with van der Waals surface area (Å²) in [4.78, 5) is 0. The van der Waals surface area contributed by atoms with Crippen molar-refractivity contribution < 1.29 is 13.9 Å². The third kappa shape index (κ3) is 8.59. The maximum absolute atomic E-state index is 14.0. The van der Waals surface area contributed by atoms with Crippen molar-refractivity contribution >= 4 is 0 Å². The lowest BCUT2D eigenvalue weighted by molar-refractivity contribution is 0.282. The predicted octanol–water partition coefficient (Wildman–Crippen LogP) is 7.91. The Hall–Kier alpha value is -0.960. The van der Waals surface area contributed by atoms with E-state index in [9.17, 15) is 8.78 Å². The van der Waals surface area contributed by atoms with Crippen LogP contribution in [0, 0.1) is 17.6 Å². The molecule has 0 saturated heterocycles. The van der Waals surface area contributed by atoms with Gasteiger partial charge in [0.15, 0.2) is 11.6 Å². The number of benzene rings is 1. The van der Waals surface area contributed by atoms with Gasteiger partial charge in [0, 0.05) is 6.61 Å². The number of unbranched alkanes of at least 4 members (excludes halogenated alkanes) is 10. The summed E-state index contributed by atoms with van der Waals surface area (Å²) in [5, 5.41) is 8.74. The molecule has 1 fully saturated rings. The van der Waals surface area contributed by atoms with Crippen molar-refractivity contribution in [1.82, 2.24) is 0 Å². The van der Waals surface area contributed by atoms with Gasteiger partial charge in [-0.2, -0.15) is 0 Å². The van der Waals surface area contributed by atoms with E-state index in [1.54, 1.807) is 12.1 Å². The zero-order valence-corrected chi connectivity index (χ0v) is 17.6. The number of hydrogen-bond donors (Lipinski definition) is 1. The second-order valence-electron chi connectivity index (χ2n) is 8.76. The number of hydrogen-bond acceptors (Lipinski definition) is 1. The topological polar surface area (TPSA) is 20.2 Å². The lowest BCUT2D eigenvalue weighted by atomic mass is 9.77. The largest absolute Gasteiger partial charge is 0.396 e. The average Bonchev–Trinajstić information content (AvgIpc) is 2.71. The number of aliphatic hydroxyl groups excluding tert-OH is 1. The molecule has 1 aliphatic carbocycles. The maximum Gasteiger partial charge on any atom is 0.162 e. The maximum atomic E-state index is 14.0. The zero-order valence-electron chi connectivity index (χ0n) is 17.6. The molecule has 1 nitrogen and oxygen atoms in total. The van der Waals surface area contributed by atoms with Crippen molar-refractivity contribution in [2.45, 2.75) is 109 Å². The van der Waals surface area contributed by atoms with E-state index in [1.165, 1.54) is 76.7 Å². The number of halogens is 2. The summed E-state index contributed by atoms with van der Waals surface area (Å²) in [5.41, 5.74) is 0.590. The Morgan fingerprint density at radius 3 is 1.82 bits per heavy atom. The lowest BCUT2D eigenvalue weighted by Crippen LogP contribution is -2.14. The minimum absolute atomic E-state index is 0.204. The van der Waals surface area contributed by atoms with Gasteiger partial charge in [0.1, 0.15) is 0 Å². The van der Waals surface area contributed by atoms with Crippen LogP contribution in [0.15, 0.2) is 18.2 Å². The van der Waals surface area contributed by atoms with Gasteiger partial charge >= 0.3 is 0 Å². The van der Waals surface area contributed by atoms with Gasteiger partial charge in [0.25, 0.3) is 0 Å². The molecule has 1 N–H and O–H groups in total. The van der Waals surface area contributed by atoms with E-state index in [4.69, 9.17) is 5.11 Å². The monoisotopic (exact) mass is 394 g/mol. The van der Waals surface area contributed by atoms with Crippen molar-refractivity contribution in [1.29, 1.82) is 0 Å². The third-order valence-electron chi connectivity index (χ3n) is 6.54. The van der Waals surface area contributed by atoms with Gasteiger partial charge in [-0.25, -0.2) is 8.78 Å². The van der Waals surface area contributed by atoms with Crippen LogP contribution in [0.25, 0.3) is 0 Å². The Kier molecular flexibility index (Phi) is 11.7. The number of rotatable bonds is 14. The van der Waals surface area contributed by atoms with Crippen LogP contribution in [-0.2, 0) is 0 Å². The second-order valence-corrected chi connectivity index (χ2v) is 8.76. The molecule has 1 aliphatic rings. The Balaban J connectivity index is 1.45. The highest BCUT2D eigenvalue weighted by molar-refractivity contribution is 5.23. The van der Waals surface area contributed by atoms with E-state index >= 15 is 0 Å². The van der Waals surface area contributed by atoms with Gasteiger partial charge in [-0.1, -0.05) is 82.8 Å². The molecule has 0 spiro atoms. The van der Waals surface area contributed by atoms with Gasteiger partial charge in [0.2, 0.25) is 0 Å². The van der Waals surface area contributed by atoms with Crippen LogP contribution in [0.2, 0.25) is 0 Å². The highest BCUT2D eigenvalue weighted by atomic mass is 19.2. The average molecular weight is 395 g/mol. The molecule has 28 heavy (non-hydrogen) atoms. The molecule has 0 amide bonds. The van der Waals surface area contributed by atoms with Crippen molar-refractivity contribution in [3.05, 3.63) is 35.4 Å². The summed E-state index contributed by atoms with van der Waals surface area (Å²) >= 11 is 0. The molecule has 0 bridgehead atoms. The summed E-state index contributed by atoms with van der Waals surface area (Å²) in [5.74, 6) is -0.347. The van der Waals surface area contributed by atoms with Crippen molar-refractivity contribution in [2.24, 2.45) is 5.92 Å². The van der Waals surface area contributed by atoms with E-state index in [2.05, 4.69) is 0 Å². The molecule has 1 aromatic carbocycles. The second kappa shape index (κ2) is 14.1. The van der Waals surface area contributed by atoms with Crippen molar-refractivity contribution in [3.8, 4) is 0 Å². The van der Waals surface area contributed by atoms with Crippen LogP contribution in [0.1, 0.15) is 114 Å². The third-order valence-corrected chi connectivity index (χ3v) is 6.54. The molecule has 0 radical (unpaired) electrons. The van der Waals surface area contributed by atoms with Gasteiger partial charge in [-0.15, -0.1) is 0 Å². The first-order valence-electron chi connectivity index (χ1n) is 11.8. The van der Waals surface area contributed by atoms with Gasteiger partial charge < -0.3 is 5.11 Å². The van der Waals surface area contributed by atoms with E-state index in [-0.39, 0.29) is 5.92 Å². The minimum Gasteiger partial charge on any atom is -0.396 e. The van der Waals surface area contributed by atoms with Crippen LogP contribution in [-0.4, -0.2) is 11.7 Å². The SMILES string of the molecule is OCCCCCCCCCCCCCC1CCC(c2cccc(F)c2F)CC1. The molecule has 1 saturated carbocycles. The molecular weight excluding hydrogens is 354 g/mol. The van der Waals surface area contributed by atoms with Gasteiger partial charge in [-0.3, -0.25) is 0 Å². The van der Waals surface area contributed by atoms with E-state index in [1.807, 2.05) is 0 Å². The highest BCUT2D eigenvalue weighted by Gasteiger charge is 2.24. The standard InChI is InChI=1S/C25H40F2O/c26-24-15-12-14-23(25(24)27)22-18-16-21(17-19-22)13-10-8-6-4-2-1-3-5-7-9-11-20-28/h12,14-15,21-22,28H,1-11,13,16-20H2. The summed E-state index contributed by atoms with van der Waals surface area (Å²) in [6.07, 6.45) is 19.8. The molecule has 1 aromatic rings. The first-order valence-corrected chi connectivity index (χ1v) is 11.8. The van der Waals surface area contributed by atoms with Crippen LogP contribution in [0.3, 0.4) is 0 Å². The van der Waals surface area contributed by atoms with E-state index in [0.29, 0.717) is 12.2 Å². The molecular formula is C25H40F2O. The first-order chi connectivity index (χ1) is 13.7. The summed E-state index contributed by atoms with van der Waals surface area (Å²) in [6.45, 7) is 0.340. The highest BCUT2D eigenvalue weighted by Crippen LogP contribution is 2.38. The van der Waals surface area contributed by atoms with Crippen LogP contribution >= 0.6 is 0 Å². The van der Waals surface area contributed by atoms with E-state index in [0.717, 1.165) is 38.0 Å². The summed E-state index contributed by atoms with van der Waals surface area (Å²) < 4.78 is 27.4. The molecule has 0 aromatic heterocycles. The lowest BCUT2D eigenvalue weighted by Gasteiger charge is -2.29. The van der Waals surface area contributed by atoms with Crippen molar-refractivity contribution in [3.63, 3.8) is 0 Å². The number of aliphatic hydroxyl groups is 1. The smallest absolute Gasteiger partial charge is 0.162 e. The molecule has 0 atom stereocenters. The fraction of sp³-hybridized carbons (Fsp3) is 0.760. The Bertz CT molecular complexity index is 523. The predicted molar refractivity (Wildman–Crippen MR) is 114 cm³/mol. The van der Waals surface area contributed by atoms with Gasteiger partial charge in [0.05, 0.1) is 0 Å². The van der Waals surface area contributed by atoms with Crippen LogP contribution in [0.4, 0.5) is 8.78 Å². The van der Waals surface area contributed by atoms with Crippen LogP contribution in [0.5, 0.6) is 0 Å². The normalized spacial score (nSPS) is 19.8. The molecule has 0 heterocycles. The van der Waals surface area contributed by atoms with Crippen LogP contribution < -0.4 is 0 Å².